The number of carbonyl (C=O) groups is 1. The van der Waals surface area contributed by atoms with Gasteiger partial charge in [0.2, 0.25) is 0 Å². The molecule has 1 aliphatic rings. The van der Waals surface area contributed by atoms with Crippen LogP contribution in [0.4, 0.5) is 0 Å². The Balaban J connectivity index is 1.50. The van der Waals surface area contributed by atoms with Crippen LogP contribution in [0.15, 0.2) is 24.3 Å². The normalized spacial score (nSPS) is 15.4. The van der Waals surface area contributed by atoms with E-state index in [2.05, 4.69) is 53.8 Å². The van der Waals surface area contributed by atoms with Crippen LogP contribution in [-0.2, 0) is 5.41 Å². The van der Waals surface area contributed by atoms with Crippen molar-refractivity contribution in [2.45, 2.75) is 52.0 Å². The van der Waals surface area contributed by atoms with Gasteiger partial charge in [-0.3, -0.25) is 4.79 Å². The highest BCUT2D eigenvalue weighted by atomic mass is 16.5. The van der Waals surface area contributed by atoms with Gasteiger partial charge in [-0.25, -0.2) is 4.68 Å². The third-order valence-electron chi connectivity index (χ3n) is 5.15. The lowest BCUT2D eigenvalue weighted by atomic mass is 9.87. The summed E-state index contributed by atoms with van der Waals surface area (Å²) < 4.78 is 7.69. The number of nitrogens with one attached hydrogen (secondary N) is 2. The van der Waals surface area contributed by atoms with E-state index in [0.717, 1.165) is 37.4 Å². The van der Waals surface area contributed by atoms with E-state index in [4.69, 9.17) is 4.74 Å². The van der Waals surface area contributed by atoms with Crippen molar-refractivity contribution in [1.82, 2.24) is 25.6 Å². The molecule has 2 N–H and O–H groups in total. The number of carbonyl (C=O) groups excluding carboxylic acids is 1. The molecule has 7 heteroatoms. The second-order valence-electron chi connectivity index (χ2n) is 8.33. The van der Waals surface area contributed by atoms with E-state index in [1.54, 1.807) is 0 Å². The SMILES string of the molecule is Cc1c(C(=O)NCCOc2cccc(C(C)(C)C)c2)nnn1C1CCNCC1. The fraction of sp³-hybridized carbons (Fsp3) is 0.571. The molecule has 7 nitrogen and oxygen atoms in total. The van der Waals surface area contributed by atoms with E-state index in [9.17, 15) is 4.79 Å². The highest BCUT2D eigenvalue weighted by Gasteiger charge is 2.22. The first-order chi connectivity index (χ1) is 13.4. The average molecular weight is 386 g/mol. The fourth-order valence-electron chi connectivity index (χ4n) is 3.42. The third kappa shape index (κ3) is 4.90. The van der Waals surface area contributed by atoms with Crippen molar-refractivity contribution in [2.75, 3.05) is 26.2 Å². The molecule has 1 aliphatic heterocycles. The molecule has 2 aromatic rings. The zero-order valence-electron chi connectivity index (χ0n) is 17.3. The maximum Gasteiger partial charge on any atom is 0.273 e. The van der Waals surface area contributed by atoms with Crippen LogP contribution in [0.5, 0.6) is 5.75 Å². The minimum absolute atomic E-state index is 0.0747. The lowest BCUT2D eigenvalue weighted by molar-refractivity contribution is 0.0941. The molecular formula is C21H31N5O2. The third-order valence-corrected chi connectivity index (χ3v) is 5.15. The number of benzene rings is 1. The summed E-state index contributed by atoms with van der Waals surface area (Å²) in [5.41, 5.74) is 2.52. The van der Waals surface area contributed by atoms with Crippen LogP contribution in [0.3, 0.4) is 0 Å². The molecule has 28 heavy (non-hydrogen) atoms. The van der Waals surface area contributed by atoms with Crippen LogP contribution in [0.2, 0.25) is 0 Å². The van der Waals surface area contributed by atoms with Crippen molar-refractivity contribution >= 4 is 5.91 Å². The van der Waals surface area contributed by atoms with E-state index in [-0.39, 0.29) is 11.3 Å². The highest BCUT2D eigenvalue weighted by Crippen LogP contribution is 2.25. The molecule has 1 saturated heterocycles. The molecule has 0 radical (unpaired) electrons. The van der Waals surface area contributed by atoms with Gasteiger partial charge < -0.3 is 15.4 Å². The molecule has 0 atom stereocenters. The Morgan fingerprint density at radius 2 is 2.07 bits per heavy atom. The Hall–Kier alpha value is -2.41. The fourth-order valence-corrected chi connectivity index (χ4v) is 3.42. The Bertz CT molecular complexity index is 803. The van der Waals surface area contributed by atoms with Gasteiger partial charge in [0.05, 0.1) is 18.3 Å². The number of nitrogens with zero attached hydrogens (tertiary/aromatic N) is 3. The Morgan fingerprint density at radius 3 is 2.79 bits per heavy atom. The highest BCUT2D eigenvalue weighted by molar-refractivity contribution is 5.93. The van der Waals surface area contributed by atoms with Gasteiger partial charge in [0.1, 0.15) is 12.4 Å². The van der Waals surface area contributed by atoms with Crippen molar-refractivity contribution in [3.05, 3.63) is 41.2 Å². The second kappa shape index (κ2) is 8.73. The van der Waals surface area contributed by atoms with Crippen molar-refractivity contribution < 1.29 is 9.53 Å². The molecule has 0 aliphatic carbocycles. The summed E-state index contributed by atoms with van der Waals surface area (Å²) >= 11 is 0. The first-order valence-corrected chi connectivity index (χ1v) is 10.0. The number of aromatic nitrogens is 3. The van der Waals surface area contributed by atoms with Crippen LogP contribution in [-0.4, -0.2) is 47.1 Å². The van der Waals surface area contributed by atoms with Gasteiger partial charge in [0, 0.05) is 0 Å². The first-order valence-electron chi connectivity index (χ1n) is 10.0. The molecule has 1 fully saturated rings. The van der Waals surface area contributed by atoms with E-state index < -0.39 is 0 Å². The van der Waals surface area contributed by atoms with Gasteiger partial charge in [-0.15, -0.1) is 5.10 Å². The standard InChI is InChI=1S/C21H31N5O2/c1-15-19(24-25-26(15)17-8-10-22-11-9-17)20(27)23-12-13-28-18-7-5-6-16(14-18)21(2,3)4/h5-7,14,17,22H,8-13H2,1-4H3,(H,23,27). The molecule has 1 aromatic heterocycles. The Morgan fingerprint density at radius 1 is 1.32 bits per heavy atom. The van der Waals surface area contributed by atoms with Crippen LogP contribution in [0, 0.1) is 6.92 Å². The lowest BCUT2D eigenvalue weighted by Gasteiger charge is -2.23. The predicted molar refractivity (Wildman–Crippen MR) is 109 cm³/mol. The van der Waals surface area contributed by atoms with E-state index >= 15 is 0 Å². The molecular weight excluding hydrogens is 354 g/mol. The van der Waals surface area contributed by atoms with Crippen LogP contribution in [0.25, 0.3) is 0 Å². The van der Waals surface area contributed by atoms with Crippen molar-refractivity contribution in [3.63, 3.8) is 0 Å². The second-order valence-corrected chi connectivity index (χ2v) is 8.33. The van der Waals surface area contributed by atoms with Crippen molar-refractivity contribution in [1.29, 1.82) is 0 Å². The summed E-state index contributed by atoms with van der Waals surface area (Å²) in [5.74, 6) is 0.611. The monoisotopic (exact) mass is 385 g/mol. The summed E-state index contributed by atoms with van der Waals surface area (Å²) in [6, 6.07) is 8.40. The molecule has 1 amide bonds. The summed E-state index contributed by atoms with van der Waals surface area (Å²) in [6.45, 7) is 11.2. The van der Waals surface area contributed by atoms with Crippen LogP contribution >= 0.6 is 0 Å². The zero-order chi connectivity index (χ0) is 20.1. The van der Waals surface area contributed by atoms with Gasteiger partial charge in [0.25, 0.3) is 5.91 Å². The first kappa shape index (κ1) is 20.3. The van der Waals surface area contributed by atoms with Crippen molar-refractivity contribution in [3.8, 4) is 5.75 Å². The van der Waals surface area contributed by atoms with Gasteiger partial charge in [-0.05, 0) is 56.0 Å². The summed E-state index contributed by atoms with van der Waals surface area (Å²) in [5, 5.41) is 14.5. The van der Waals surface area contributed by atoms with E-state index in [0.29, 0.717) is 24.9 Å². The number of hydrogen-bond donors (Lipinski definition) is 2. The number of hydrogen-bond acceptors (Lipinski definition) is 5. The largest absolute Gasteiger partial charge is 0.492 e. The summed E-state index contributed by atoms with van der Waals surface area (Å²) in [7, 11) is 0. The van der Waals surface area contributed by atoms with Gasteiger partial charge in [-0.2, -0.15) is 0 Å². The number of ether oxygens (including phenoxy) is 1. The predicted octanol–water partition coefficient (Wildman–Crippen LogP) is 2.62. The molecule has 0 saturated carbocycles. The van der Waals surface area contributed by atoms with E-state index in [1.807, 2.05) is 23.7 Å². The Kier molecular flexibility index (Phi) is 6.34. The zero-order valence-corrected chi connectivity index (χ0v) is 17.3. The molecule has 0 spiro atoms. The smallest absolute Gasteiger partial charge is 0.273 e. The molecule has 0 unspecified atom stereocenters. The molecule has 3 rings (SSSR count). The van der Waals surface area contributed by atoms with Crippen LogP contribution in [0.1, 0.15) is 61.4 Å². The van der Waals surface area contributed by atoms with Crippen molar-refractivity contribution in [2.24, 2.45) is 0 Å². The number of rotatable bonds is 6. The average Bonchev–Trinajstić information content (AvgIpc) is 3.07. The van der Waals surface area contributed by atoms with Gasteiger partial charge in [0.15, 0.2) is 5.69 Å². The molecule has 152 valence electrons. The summed E-state index contributed by atoms with van der Waals surface area (Å²) in [6.07, 6.45) is 2.01. The molecule has 2 heterocycles. The lowest BCUT2D eigenvalue weighted by Crippen LogP contribution is -2.31. The molecule has 0 bridgehead atoms. The quantitative estimate of drug-likeness (QED) is 0.747. The molecule has 1 aromatic carbocycles. The maximum atomic E-state index is 12.5. The number of amides is 1. The van der Waals surface area contributed by atoms with Gasteiger partial charge in [-0.1, -0.05) is 38.1 Å². The van der Waals surface area contributed by atoms with Gasteiger partial charge >= 0.3 is 0 Å². The summed E-state index contributed by atoms with van der Waals surface area (Å²) in [4.78, 5) is 12.5. The van der Waals surface area contributed by atoms with E-state index in [1.165, 1.54) is 5.56 Å². The minimum atomic E-state index is -0.204. The van der Waals surface area contributed by atoms with Crippen LogP contribution < -0.4 is 15.4 Å². The minimum Gasteiger partial charge on any atom is -0.492 e. The number of piperidine rings is 1. The Labute approximate surface area is 166 Å². The maximum absolute atomic E-state index is 12.5. The topological polar surface area (TPSA) is 81.1 Å².